The monoisotopic (exact) mass is 346 g/mol. The molecule has 7 heteroatoms. The fourth-order valence-corrected chi connectivity index (χ4v) is 2.87. The SMILES string of the molecule is Fc1ccc(Nc2ncnc3ccc(C4CNC4)cc23)c(F)c1Cl. The van der Waals surface area contributed by atoms with Gasteiger partial charge in [-0.2, -0.15) is 0 Å². The van der Waals surface area contributed by atoms with Crippen LogP contribution in [0.4, 0.5) is 20.3 Å². The number of nitrogens with one attached hydrogen (secondary N) is 2. The lowest BCUT2D eigenvalue weighted by atomic mass is 9.93. The third kappa shape index (κ3) is 2.57. The second kappa shape index (κ2) is 5.96. The molecule has 2 aromatic carbocycles. The topological polar surface area (TPSA) is 49.8 Å². The van der Waals surface area contributed by atoms with Crippen LogP contribution >= 0.6 is 11.6 Å². The molecule has 0 radical (unpaired) electrons. The van der Waals surface area contributed by atoms with Crippen molar-refractivity contribution in [2.75, 3.05) is 18.4 Å². The summed E-state index contributed by atoms with van der Waals surface area (Å²) in [5, 5.41) is 6.36. The van der Waals surface area contributed by atoms with Crippen LogP contribution in [0.5, 0.6) is 0 Å². The van der Waals surface area contributed by atoms with E-state index in [1.807, 2.05) is 18.2 Å². The molecular weight excluding hydrogens is 334 g/mol. The highest BCUT2D eigenvalue weighted by molar-refractivity contribution is 6.31. The molecule has 1 aliphatic rings. The first-order chi connectivity index (χ1) is 11.6. The predicted octanol–water partition coefficient (Wildman–Crippen LogP) is 3.99. The summed E-state index contributed by atoms with van der Waals surface area (Å²) in [6.45, 7) is 1.87. The molecule has 0 atom stereocenters. The zero-order valence-corrected chi connectivity index (χ0v) is 13.2. The Morgan fingerprint density at radius 1 is 1.12 bits per heavy atom. The molecule has 2 heterocycles. The lowest BCUT2D eigenvalue weighted by molar-refractivity contribution is 0.449. The maximum absolute atomic E-state index is 14.1. The van der Waals surface area contributed by atoms with Gasteiger partial charge in [-0.05, 0) is 29.8 Å². The number of hydrogen-bond donors (Lipinski definition) is 2. The van der Waals surface area contributed by atoms with Crippen molar-refractivity contribution in [2.45, 2.75) is 5.92 Å². The molecule has 2 N–H and O–H groups in total. The number of anilines is 2. The Hall–Kier alpha value is -2.31. The molecule has 0 bridgehead atoms. The molecular formula is C17H13ClF2N4. The van der Waals surface area contributed by atoms with E-state index in [-0.39, 0.29) is 5.69 Å². The molecule has 24 heavy (non-hydrogen) atoms. The van der Waals surface area contributed by atoms with Gasteiger partial charge < -0.3 is 10.6 Å². The van der Waals surface area contributed by atoms with Crippen LogP contribution in [0, 0.1) is 11.6 Å². The van der Waals surface area contributed by atoms with Crippen molar-refractivity contribution in [2.24, 2.45) is 0 Å². The third-order valence-corrected chi connectivity index (χ3v) is 4.55. The van der Waals surface area contributed by atoms with Crippen molar-refractivity contribution in [3.05, 3.63) is 58.9 Å². The summed E-state index contributed by atoms with van der Waals surface area (Å²) in [7, 11) is 0. The van der Waals surface area contributed by atoms with E-state index in [0.717, 1.165) is 30.1 Å². The smallest absolute Gasteiger partial charge is 0.168 e. The van der Waals surface area contributed by atoms with Crippen molar-refractivity contribution < 1.29 is 8.78 Å². The molecule has 1 fully saturated rings. The number of benzene rings is 2. The van der Waals surface area contributed by atoms with Gasteiger partial charge in [0.05, 0.1) is 11.2 Å². The number of aromatic nitrogens is 2. The highest BCUT2D eigenvalue weighted by Crippen LogP contribution is 2.31. The van der Waals surface area contributed by atoms with Gasteiger partial charge in [-0.15, -0.1) is 0 Å². The van der Waals surface area contributed by atoms with Gasteiger partial charge in [0.2, 0.25) is 0 Å². The van der Waals surface area contributed by atoms with Crippen molar-refractivity contribution >= 4 is 34.0 Å². The lowest BCUT2D eigenvalue weighted by Gasteiger charge is -2.27. The first-order valence-electron chi connectivity index (χ1n) is 7.49. The van der Waals surface area contributed by atoms with Crippen LogP contribution in [-0.4, -0.2) is 23.1 Å². The summed E-state index contributed by atoms with van der Waals surface area (Å²) in [6.07, 6.45) is 1.40. The Morgan fingerprint density at radius 3 is 2.71 bits per heavy atom. The minimum absolute atomic E-state index is 0.0668. The summed E-state index contributed by atoms with van der Waals surface area (Å²) >= 11 is 5.63. The molecule has 0 saturated carbocycles. The van der Waals surface area contributed by atoms with Crippen LogP contribution in [-0.2, 0) is 0 Å². The summed E-state index contributed by atoms with van der Waals surface area (Å²) in [5.41, 5.74) is 1.99. The van der Waals surface area contributed by atoms with Gasteiger partial charge in [0.1, 0.15) is 23.0 Å². The minimum atomic E-state index is -0.845. The Kier molecular flexibility index (Phi) is 3.78. The Morgan fingerprint density at radius 2 is 1.96 bits per heavy atom. The summed E-state index contributed by atoms with van der Waals surface area (Å²) < 4.78 is 27.4. The quantitative estimate of drug-likeness (QED) is 0.704. The fraction of sp³-hybridized carbons (Fsp3) is 0.176. The highest BCUT2D eigenvalue weighted by Gasteiger charge is 2.20. The highest BCUT2D eigenvalue weighted by atomic mass is 35.5. The van der Waals surface area contributed by atoms with E-state index in [4.69, 9.17) is 11.6 Å². The zero-order valence-electron chi connectivity index (χ0n) is 12.5. The zero-order chi connectivity index (χ0) is 16.7. The molecule has 0 spiro atoms. The maximum Gasteiger partial charge on any atom is 0.168 e. The molecule has 0 aliphatic carbocycles. The van der Waals surface area contributed by atoms with Gasteiger partial charge in [0.25, 0.3) is 0 Å². The Balaban J connectivity index is 1.77. The molecule has 1 aliphatic heterocycles. The number of fused-ring (bicyclic) bond motifs is 1. The van der Waals surface area contributed by atoms with E-state index in [0.29, 0.717) is 11.7 Å². The van der Waals surface area contributed by atoms with Crippen LogP contribution < -0.4 is 10.6 Å². The first-order valence-corrected chi connectivity index (χ1v) is 7.87. The second-order valence-corrected chi connectivity index (χ2v) is 6.08. The van der Waals surface area contributed by atoms with E-state index in [2.05, 4.69) is 20.6 Å². The van der Waals surface area contributed by atoms with Crippen molar-refractivity contribution in [3.8, 4) is 0 Å². The summed E-state index contributed by atoms with van der Waals surface area (Å²) in [5.74, 6) is -0.732. The van der Waals surface area contributed by atoms with Crippen LogP contribution in [0.25, 0.3) is 10.9 Å². The van der Waals surface area contributed by atoms with Gasteiger partial charge in [0.15, 0.2) is 5.82 Å². The average molecular weight is 347 g/mol. The standard InChI is InChI=1S/C17H13ClF2N4/c18-15-12(19)2-4-14(16(15)20)24-17-11-5-9(10-6-21-7-10)1-3-13(11)22-8-23-17/h1-5,8,10,21H,6-7H2,(H,22,23,24). The number of nitrogens with zero attached hydrogens (tertiary/aromatic N) is 2. The first kappa shape index (κ1) is 15.2. The normalized spacial score (nSPS) is 14.6. The van der Waals surface area contributed by atoms with Gasteiger partial charge in [-0.3, -0.25) is 0 Å². The van der Waals surface area contributed by atoms with E-state index >= 15 is 0 Å². The maximum atomic E-state index is 14.1. The van der Waals surface area contributed by atoms with Gasteiger partial charge >= 0.3 is 0 Å². The molecule has 0 unspecified atom stereocenters. The summed E-state index contributed by atoms with van der Waals surface area (Å²) in [4.78, 5) is 8.43. The number of rotatable bonds is 3. The van der Waals surface area contributed by atoms with E-state index in [1.165, 1.54) is 18.0 Å². The fourth-order valence-electron chi connectivity index (χ4n) is 2.70. The second-order valence-electron chi connectivity index (χ2n) is 5.70. The minimum Gasteiger partial charge on any atom is -0.337 e. The molecule has 1 saturated heterocycles. The molecule has 0 amide bonds. The number of hydrogen-bond acceptors (Lipinski definition) is 4. The Bertz CT molecular complexity index is 928. The van der Waals surface area contributed by atoms with Crippen LogP contribution in [0.3, 0.4) is 0 Å². The molecule has 3 aromatic rings. The number of halogens is 3. The van der Waals surface area contributed by atoms with Crippen molar-refractivity contribution in [1.82, 2.24) is 15.3 Å². The average Bonchev–Trinajstić information content (AvgIpc) is 2.54. The molecule has 122 valence electrons. The van der Waals surface area contributed by atoms with Crippen molar-refractivity contribution in [3.63, 3.8) is 0 Å². The lowest BCUT2D eigenvalue weighted by Crippen LogP contribution is -2.39. The van der Waals surface area contributed by atoms with Gasteiger partial charge in [-0.25, -0.2) is 18.7 Å². The van der Waals surface area contributed by atoms with E-state index in [9.17, 15) is 8.78 Å². The van der Waals surface area contributed by atoms with Crippen LogP contribution in [0.1, 0.15) is 11.5 Å². The van der Waals surface area contributed by atoms with Crippen molar-refractivity contribution in [1.29, 1.82) is 0 Å². The predicted molar refractivity (Wildman–Crippen MR) is 89.8 cm³/mol. The third-order valence-electron chi connectivity index (χ3n) is 4.20. The molecule has 4 nitrogen and oxygen atoms in total. The molecule has 1 aromatic heterocycles. The van der Waals surface area contributed by atoms with E-state index < -0.39 is 16.7 Å². The Labute approximate surface area is 141 Å². The molecule has 4 rings (SSSR count). The largest absolute Gasteiger partial charge is 0.337 e. The van der Waals surface area contributed by atoms with Gasteiger partial charge in [0, 0.05) is 24.4 Å². The summed E-state index contributed by atoms with van der Waals surface area (Å²) in [6, 6.07) is 8.38. The van der Waals surface area contributed by atoms with Crippen LogP contribution in [0.2, 0.25) is 5.02 Å². The van der Waals surface area contributed by atoms with Crippen LogP contribution in [0.15, 0.2) is 36.7 Å². The van der Waals surface area contributed by atoms with Gasteiger partial charge in [-0.1, -0.05) is 17.7 Å². The van der Waals surface area contributed by atoms with E-state index in [1.54, 1.807) is 0 Å².